The molecule has 5 rings (SSSR count). The summed E-state index contributed by atoms with van der Waals surface area (Å²) in [6.07, 6.45) is 4.53. The molecular weight excluding hydrogens is 446 g/mol. The highest BCUT2D eigenvalue weighted by Crippen LogP contribution is 2.34. The quantitative estimate of drug-likeness (QED) is 0.420. The van der Waals surface area contributed by atoms with Gasteiger partial charge in [0, 0.05) is 12.1 Å². The van der Waals surface area contributed by atoms with Crippen LogP contribution in [0.1, 0.15) is 40.7 Å². The van der Waals surface area contributed by atoms with E-state index in [9.17, 15) is 13.6 Å². The lowest BCUT2D eigenvalue weighted by atomic mass is 10.1. The van der Waals surface area contributed by atoms with Gasteiger partial charge in [0.2, 0.25) is 11.7 Å². The van der Waals surface area contributed by atoms with Crippen LogP contribution in [0.5, 0.6) is 5.75 Å². The van der Waals surface area contributed by atoms with Crippen LogP contribution in [0.3, 0.4) is 0 Å². The molecule has 1 fully saturated rings. The molecule has 11 heteroatoms. The average Bonchev–Trinajstić information content (AvgIpc) is 3.60. The molecule has 1 atom stereocenters. The topological polar surface area (TPSA) is 99.2 Å². The Morgan fingerprint density at radius 3 is 2.79 bits per heavy atom. The SMILES string of the molecule is Cc1ccc(-n2nccn2)c(C(=O)N2CCCC2c2nc(-c3cccc(OC(F)F)c3)no2)c1. The number of halogens is 2. The van der Waals surface area contributed by atoms with E-state index in [2.05, 4.69) is 25.1 Å². The third kappa shape index (κ3) is 4.24. The number of alkyl halides is 2. The number of likely N-dealkylation sites (tertiary alicyclic amines) is 1. The molecule has 1 saturated heterocycles. The molecule has 1 aliphatic rings. The minimum atomic E-state index is -2.93. The fourth-order valence-electron chi connectivity index (χ4n) is 4.06. The van der Waals surface area contributed by atoms with E-state index >= 15 is 0 Å². The Morgan fingerprint density at radius 2 is 2.00 bits per heavy atom. The van der Waals surface area contributed by atoms with Crippen molar-refractivity contribution in [2.45, 2.75) is 32.4 Å². The summed E-state index contributed by atoms with van der Waals surface area (Å²) in [4.78, 5) is 21.2. The van der Waals surface area contributed by atoms with Gasteiger partial charge in [-0.2, -0.15) is 28.8 Å². The van der Waals surface area contributed by atoms with Gasteiger partial charge in [-0.1, -0.05) is 28.9 Å². The van der Waals surface area contributed by atoms with Crippen LogP contribution in [0.15, 0.2) is 59.4 Å². The van der Waals surface area contributed by atoms with Gasteiger partial charge in [-0.3, -0.25) is 4.79 Å². The fourth-order valence-corrected chi connectivity index (χ4v) is 4.06. The van der Waals surface area contributed by atoms with E-state index in [0.29, 0.717) is 29.8 Å². The van der Waals surface area contributed by atoms with Crippen LogP contribution < -0.4 is 4.74 Å². The van der Waals surface area contributed by atoms with Gasteiger partial charge in [0.15, 0.2) is 0 Å². The third-order valence-electron chi connectivity index (χ3n) is 5.57. The lowest BCUT2D eigenvalue weighted by Gasteiger charge is -2.23. The van der Waals surface area contributed by atoms with Crippen molar-refractivity contribution >= 4 is 5.91 Å². The first kappa shape index (κ1) is 21.7. The van der Waals surface area contributed by atoms with Gasteiger partial charge in [0.25, 0.3) is 5.91 Å². The van der Waals surface area contributed by atoms with Crippen LogP contribution in [0.25, 0.3) is 17.1 Å². The Hall–Kier alpha value is -4.15. The van der Waals surface area contributed by atoms with E-state index < -0.39 is 12.7 Å². The summed E-state index contributed by atoms with van der Waals surface area (Å²) in [7, 11) is 0. The number of aromatic nitrogens is 5. The van der Waals surface area contributed by atoms with Crippen LogP contribution in [0.2, 0.25) is 0 Å². The maximum atomic E-state index is 13.6. The molecule has 2 aromatic heterocycles. The van der Waals surface area contributed by atoms with E-state index in [4.69, 9.17) is 4.52 Å². The van der Waals surface area contributed by atoms with Gasteiger partial charge in [0.05, 0.1) is 23.6 Å². The van der Waals surface area contributed by atoms with Crippen molar-refractivity contribution in [3.8, 4) is 22.8 Å². The number of benzene rings is 2. The van der Waals surface area contributed by atoms with Crippen molar-refractivity contribution in [2.24, 2.45) is 0 Å². The maximum Gasteiger partial charge on any atom is 0.387 e. The molecule has 0 bridgehead atoms. The van der Waals surface area contributed by atoms with Crippen LogP contribution in [0, 0.1) is 6.92 Å². The van der Waals surface area contributed by atoms with Gasteiger partial charge < -0.3 is 14.2 Å². The van der Waals surface area contributed by atoms with Crippen molar-refractivity contribution < 1.29 is 22.8 Å². The molecule has 2 aromatic carbocycles. The van der Waals surface area contributed by atoms with Crippen molar-refractivity contribution in [1.29, 1.82) is 0 Å². The number of nitrogens with zero attached hydrogens (tertiary/aromatic N) is 6. The zero-order valence-corrected chi connectivity index (χ0v) is 18.1. The molecule has 1 amide bonds. The average molecular weight is 466 g/mol. The maximum absolute atomic E-state index is 13.6. The van der Waals surface area contributed by atoms with E-state index in [1.807, 2.05) is 25.1 Å². The molecule has 0 aliphatic carbocycles. The van der Waals surface area contributed by atoms with E-state index in [-0.39, 0.29) is 23.4 Å². The molecule has 0 radical (unpaired) electrons. The van der Waals surface area contributed by atoms with Gasteiger partial charge in [-0.25, -0.2) is 0 Å². The van der Waals surface area contributed by atoms with Gasteiger partial charge in [0.1, 0.15) is 11.8 Å². The van der Waals surface area contributed by atoms with Crippen molar-refractivity contribution in [1.82, 2.24) is 30.0 Å². The second-order valence-corrected chi connectivity index (χ2v) is 7.86. The zero-order valence-electron chi connectivity index (χ0n) is 18.1. The largest absolute Gasteiger partial charge is 0.435 e. The molecule has 0 N–H and O–H groups in total. The second-order valence-electron chi connectivity index (χ2n) is 7.86. The highest BCUT2D eigenvalue weighted by Gasteiger charge is 2.35. The molecular formula is C23H20F2N6O3. The van der Waals surface area contributed by atoms with Gasteiger partial charge in [-0.15, -0.1) is 0 Å². The van der Waals surface area contributed by atoms with Crippen LogP contribution in [0.4, 0.5) is 8.78 Å². The highest BCUT2D eigenvalue weighted by molar-refractivity contribution is 5.98. The van der Waals surface area contributed by atoms with Gasteiger partial charge >= 0.3 is 6.61 Å². The molecule has 34 heavy (non-hydrogen) atoms. The number of hydrogen-bond acceptors (Lipinski definition) is 7. The Kier molecular flexibility index (Phi) is 5.74. The molecule has 0 saturated carbocycles. The lowest BCUT2D eigenvalue weighted by Crippen LogP contribution is -2.31. The monoisotopic (exact) mass is 466 g/mol. The van der Waals surface area contributed by atoms with Crippen LogP contribution in [-0.4, -0.2) is 49.1 Å². The molecule has 3 heterocycles. The van der Waals surface area contributed by atoms with Crippen LogP contribution in [-0.2, 0) is 0 Å². The fraction of sp³-hybridized carbons (Fsp3) is 0.261. The lowest BCUT2D eigenvalue weighted by molar-refractivity contribution is -0.0498. The first-order valence-corrected chi connectivity index (χ1v) is 10.7. The van der Waals surface area contributed by atoms with Crippen molar-refractivity contribution in [2.75, 3.05) is 6.54 Å². The number of hydrogen-bond donors (Lipinski definition) is 0. The molecule has 174 valence electrons. The first-order valence-electron chi connectivity index (χ1n) is 10.7. The van der Waals surface area contributed by atoms with E-state index in [1.165, 1.54) is 16.9 Å². The molecule has 1 aliphatic heterocycles. The highest BCUT2D eigenvalue weighted by atomic mass is 19.3. The number of carbonyl (C=O) groups excluding carboxylic acids is 1. The zero-order chi connectivity index (χ0) is 23.7. The minimum absolute atomic E-state index is 0.00396. The predicted octanol–water partition coefficient (Wildman–Crippen LogP) is 4.20. The molecule has 4 aromatic rings. The molecule has 0 spiro atoms. The summed E-state index contributed by atoms with van der Waals surface area (Å²) < 4.78 is 35.0. The number of aryl methyl sites for hydroxylation is 1. The number of amides is 1. The first-order chi connectivity index (χ1) is 16.5. The Balaban J connectivity index is 1.43. The third-order valence-corrected chi connectivity index (χ3v) is 5.57. The second kappa shape index (κ2) is 9.00. The Labute approximate surface area is 192 Å². The van der Waals surface area contributed by atoms with Crippen molar-refractivity contribution in [3.05, 3.63) is 71.9 Å². The standard InChI is InChI=1S/C23H20F2N6O3/c1-14-7-8-18(31-26-9-10-27-31)17(12-14)22(32)30-11-3-6-19(30)21-28-20(29-34-21)15-4-2-5-16(13-15)33-23(24)25/h2,4-5,7-10,12-13,19,23H,3,6,11H2,1H3. The van der Waals surface area contributed by atoms with E-state index in [1.54, 1.807) is 29.4 Å². The predicted molar refractivity (Wildman–Crippen MR) is 115 cm³/mol. The number of ether oxygens (including phenoxy) is 1. The summed E-state index contributed by atoms with van der Waals surface area (Å²) in [6, 6.07) is 11.2. The summed E-state index contributed by atoms with van der Waals surface area (Å²) in [5.41, 5.74) is 2.45. The Morgan fingerprint density at radius 1 is 1.18 bits per heavy atom. The number of carbonyl (C=O) groups is 1. The normalized spacial score (nSPS) is 15.8. The Bertz CT molecular complexity index is 1310. The minimum Gasteiger partial charge on any atom is -0.435 e. The summed E-state index contributed by atoms with van der Waals surface area (Å²) in [5.74, 6) is 0.319. The summed E-state index contributed by atoms with van der Waals surface area (Å²) in [6.45, 7) is -0.495. The molecule has 9 nitrogen and oxygen atoms in total. The molecule has 1 unspecified atom stereocenters. The number of rotatable bonds is 6. The summed E-state index contributed by atoms with van der Waals surface area (Å²) >= 11 is 0. The van der Waals surface area contributed by atoms with Crippen LogP contribution >= 0.6 is 0 Å². The van der Waals surface area contributed by atoms with Crippen molar-refractivity contribution in [3.63, 3.8) is 0 Å². The van der Waals surface area contributed by atoms with E-state index in [0.717, 1.165) is 12.0 Å². The summed E-state index contributed by atoms with van der Waals surface area (Å²) in [5, 5.41) is 12.3. The smallest absolute Gasteiger partial charge is 0.387 e. The van der Waals surface area contributed by atoms with Gasteiger partial charge in [-0.05, 0) is 44.0 Å².